The van der Waals surface area contributed by atoms with Crippen molar-refractivity contribution in [2.45, 2.75) is 38.3 Å². The lowest BCUT2D eigenvalue weighted by Crippen LogP contribution is -2.26. The van der Waals surface area contributed by atoms with Crippen molar-refractivity contribution in [3.05, 3.63) is 51.2 Å². The molecule has 0 aliphatic heterocycles. The Morgan fingerprint density at radius 2 is 2.05 bits per heavy atom. The number of thiophene rings is 1. The van der Waals surface area contributed by atoms with Crippen molar-refractivity contribution in [2.24, 2.45) is 5.92 Å². The van der Waals surface area contributed by atoms with Gasteiger partial charge in [-0.2, -0.15) is 0 Å². The summed E-state index contributed by atoms with van der Waals surface area (Å²) < 4.78 is 0. The maximum absolute atomic E-state index is 9.98. The summed E-state index contributed by atoms with van der Waals surface area (Å²) in [6, 6.07) is 9.97. The van der Waals surface area contributed by atoms with Crippen LogP contribution < -0.4 is 5.32 Å². The van der Waals surface area contributed by atoms with Crippen LogP contribution in [0.4, 0.5) is 0 Å². The normalized spacial score (nSPS) is 17.2. The van der Waals surface area contributed by atoms with E-state index in [0.29, 0.717) is 23.5 Å². The molecule has 0 bridgehead atoms. The van der Waals surface area contributed by atoms with Gasteiger partial charge >= 0.3 is 0 Å². The second-order valence-corrected chi connectivity index (χ2v) is 7.04. The first-order valence-corrected chi connectivity index (χ1v) is 8.74. The minimum absolute atomic E-state index is 0.270. The van der Waals surface area contributed by atoms with E-state index in [0.717, 1.165) is 5.56 Å². The molecule has 21 heavy (non-hydrogen) atoms. The van der Waals surface area contributed by atoms with E-state index in [-0.39, 0.29) is 5.75 Å². The smallest absolute Gasteiger partial charge is 0.121 e. The molecule has 2 N–H and O–H groups in total. The van der Waals surface area contributed by atoms with Crippen LogP contribution in [0.15, 0.2) is 35.7 Å². The number of aromatic hydroxyl groups is 1. The molecular weight excluding hydrogens is 302 g/mol. The molecule has 1 aliphatic carbocycles. The van der Waals surface area contributed by atoms with E-state index in [1.807, 2.05) is 6.07 Å². The fourth-order valence-corrected chi connectivity index (χ4v) is 4.32. The van der Waals surface area contributed by atoms with E-state index < -0.39 is 0 Å². The Morgan fingerprint density at radius 1 is 1.24 bits per heavy atom. The zero-order chi connectivity index (χ0) is 14.7. The first-order chi connectivity index (χ1) is 10.3. The van der Waals surface area contributed by atoms with Crippen LogP contribution in [0, 0.1) is 5.92 Å². The van der Waals surface area contributed by atoms with Gasteiger partial charge < -0.3 is 10.4 Å². The number of nitrogens with one attached hydrogen (secondary N) is 1. The van der Waals surface area contributed by atoms with Gasteiger partial charge in [0, 0.05) is 28.0 Å². The molecule has 1 aliphatic rings. The van der Waals surface area contributed by atoms with Crippen molar-refractivity contribution >= 4 is 22.9 Å². The average molecular weight is 322 g/mol. The maximum Gasteiger partial charge on any atom is 0.121 e. The zero-order valence-electron chi connectivity index (χ0n) is 11.9. The molecule has 1 aromatic heterocycles. The van der Waals surface area contributed by atoms with Crippen LogP contribution in [0.1, 0.15) is 42.2 Å². The number of hydrogen-bond acceptors (Lipinski definition) is 3. The van der Waals surface area contributed by atoms with Gasteiger partial charge in [0.05, 0.1) is 0 Å². The van der Waals surface area contributed by atoms with Gasteiger partial charge in [0.15, 0.2) is 0 Å². The van der Waals surface area contributed by atoms with E-state index in [4.69, 9.17) is 11.6 Å². The first-order valence-electron chi connectivity index (χ1n) is 7.49. The molecule has 0 spiro atoms. The highest BCUT2D eigenvalue weighted by atomic mass is 35.5. The molecule has 1 unspecified atom stereocenters. The van der Waals surface area contributed by atoms with E-state index >= 15 is 0 Å². The minimum atomic E-state index is 0.270. The number of halogens is 1. The molecule has 3 rings (SSSR count). The fourth-order valence-electron chi connectivity index (χ4n) is 3.19. The van der Waals surface area contributed by atoms with Crippen LogP contribution >= 0.6 is 22.9 Å². The van der Waals surface area contributed by atoms with E-state index in [1.54, 1.807) is 23.5 Å². The Bertz CT molecular complexity index is 558. The van der Waals surface area contributed by atoms with Gasteiger partial charge in [-0.15, -0.1) is 11.3 Å². The van der Waals surface area contributed by atoms with Crippen molar-refractivity contribution in [3.8, 4) is 5.75 Å². The second kappa shape index (κ2) is 6.82. The summed E-state index contributed by atoms with van der Waals surface area (Å²) in [7, 11) is 0. The molecule has 1 heterocycles. The molecule has 2 aromatic rings. The average Bonchev–Trinajstić information content (AvgIpc) is 3.15. The highest BCUT2D eigenvalue weighted by Crippen LogP contribution is 2.38. The Kier molecular flexibility index (Phi) is 4.84. The third-order valence-electron chi connectivity index (χ3n) is 4.31. The van der Waals surface area contributed by atoms with Crippen LogP contribution in [-0.4, -0.2) is 5.11 Å². The van der Waals surface area contributed by atoms with Crippen LogP contribution in [0.3, 0.4) is 0 Å². The highest BCUT2D eigenvalue weighted by molar-refractivity contribution is 7.10. The molecule has 1 saturated carbocycles. The van der Waals surface area contributed by atoms with Crippen LogP contribution in [0.2, 0.25) is 5.02 Å². The SMILES string of the molecule is Oc1cccc(Cl)c1CNC(c1cccs1)C1CCCC1. The third-order valence-corrected chi connectivity index (χ3v) is 5.62. The Balaban J connectivity index is 1.76. The molecule has 4 heteroatoms. The summed E-state index contributed by atoms with van der Waals surface area (Å²) in [5.74, 6) is 0.958. The Labute approximate surface area is 134 Å². The van der Waals surface area contributed by atoms with Gasteiger partial charge in [-0.25, -0.2) is 0 Å². The van der Waals surface area contributed by atoms with Gasteiger partial charge in [-0.1, -0.05) is 36.6 Å². The molecule has 0 radical (unpaired) electrons. The quantitative estimate of drug-likeness (QED) is 0.800. The van der Waals surface area contributed by atoms with Gasteiger partial charge in [0.1, 0.15) is 5.75 Å². The lowest BCUT2D eigenvalue weighted by atomic mass is 9.96. The maximum atomic E-state index is 9.98. The molecule has 1 aromatic carbocycles. The minimum Gasteiger partial charge on any atom is -0.508 e. The number of phenols is 1. The van der Waals surface area contributed by atoms with Crippen LogP contribution in [0.5, 0.6) is 5.75 Å². The summed E-state index contributed by atoms with van der Waals surface area (Å²) in [5, 5.41) is 16.4. The van der Waals surface area contributed by atoms with Gasteiger partial charge in [0.2, 0.25) is 0 Å². The van der Waals surface area contributed by atoms with E-state index in [2.05, 4.69) is 22.8 Å². The summed E-state index contributed by atoms with van der Waals surface area (Å²) in [5.41, 5.74) is 0.790. The molecule has 1 fully saturated rings. The molecule has 112 valence electrons. The van der Waals surface area contributed by atoms with Gasteiger partial charge in [-0.05, 0) is 42.3 Å². The van der Waals surface area contributed by atoms with Crippen molar-refractivity contribution in [2.75, 3.05) is 0 Å². The largest absolute Gasteiger partial charge is 0.508 e. The fraction of sp³-hybridized carbons (Fsp3) is 0.412. The van der Waals surface area contributed by atoms with Crippen molar-refractivity contribution in [1.82, 2.24) is 5.32 Å². The summed E-state index contributed by atoms with van der Waals surface area (Å²) >= 11 is 8.00. The van der Waals surface area contributed by atoms with Crippen molar-refractivity contribution < 1.29 is 5.11 Å². The Morgan fingerprint density at radius 3 is 2.71 bits per heavy atom. The molecule has 0 saturated heterocycles. The van der Waals surface area contributed by atoms with Crippen LogP contribution in [0.25, 0.3) is 0 Å². The zero-order valence-corrected chi connectivity index (χ0v) is 13.5. The molecule has 0 amide bonds. The van der Waals surface area contributed by atoms with E-state index in [1.165, 1.54) is 30.6 Å². The lowest BCUT2D eigenvalue weighted by molar-refractivity contribution is 0.367. The van der Waals surface area contributed by atoms with Gasteiger partial charge in [0.25, 0.3) is 0 Å². The summed E-state index contributed by atoms with van der Waals surface area (Å²) in [6.45, 7) is 0.602. The van der Waals surface area contributed by atoms with Gasteiger partial charge in [-0.3, -0.25) is 0 Å². The monoisotopic (exact) mass is 321 g/mol. The number of benzene rings is 1. The van der Waals surface area contributed by atoms with Crippen LogP contribution in [-0.2, 0) is 6.54 Å². The highest BCUT2D eigenvalue weighted by Gasteiger charge is 2.27. The first kappa shape index (κ1) is 14.9. The second-order valence-electron chi connectivity index (χ2n) is 5.66. The predicted molar refractivity (Wildman–Crippen MR) is 89.0 cm³/mol. The Hall–Kier alpha value is -1.03. The number of phenolic OH excluding ortho intramolecular Hbond substituents is 1. The third kappa shape index (κ3) is 3.42. The van der Waals surface area contributed by atoms with Crippen molar-refractivity contribution in [3.63, 3.8) is 0 Å². The lowest BCUT2D eigenvalue weighted by Gasteiger charge is -2.24. The van der Waals surface area contributed by atoms with Crippen molar-refractivity contribution in [1.29, 1.82) is 0 Å². The predicted octanol–water partition coefficient (Wildman–Crippen LogP) is 5.13. The topological polar surface area (TPSA) is 32.3 Å². The molecular formula is C17H20ClNOS. The number of hydrogen-bond donors (Lipinski definition) is 2. The summed E-state index contributed by atoms with van der Waals surface area (Å²) in [6.07, 6.45) is 5.21. The molecule has 1 atom stereocenters. The van der Waals surface area contributed by atoms with E-state index in [9.17, 15) is 5.11 Å². The molecule has 2 nitrogen and oxygen atoms in total. The summed E-state index contributed by atoms with van der Waals surface area (Å²) in [4.78, 5) is 1.38. The standard InChI is InChI=1S/C17H20ClNOS/c18-14-7-3-8-15(20)13(14)11-19-17(12-5-1-2-6-12)16-9-4-10-21-16/h3-4,7-10,12,17,19-20H,1-2,5-6,11H2. The number of rotatable bonds is 5.